The number of aromatic nitrogens is 3. The van der Waals surface area contributed by atoms with Gasteiger partial charge < -0.3 is 14.4 Å². The van der Waals surface area contributed by atoms with Crippen LogP contribution in [0.25, 0.3) is 11.5 Å². The van der Waals surface area contributed by atoms with Crippen molar-refractivity contribution in [3.8, 4) is 17.2 Å². The largest absolute Gasteiger partial charge is 0.506 e. The minimum atomic E-state index is 0.0754. The third-order valence-corrected chi connectivity index (χ3v) is 2.71. The summed E-state index contributed by atoms with van der Waals surface area (Å²) in [5.41, 5.74) is 0.614. The van der Waals surface area contributed by atoms with Crippen LogP contribution >= 0.6 is 0 Å². The number of hydrogen-bond donors (Lipinski definition) is 1. The summed E-state index contributed by atoms with van der Waals surface area (Å²) in [7, 11) is 0. The molecule has 1 aliphatic heterocycles. The molecule has 2 aromatic heterocycles. The molecule has 1 aliphatic rings. The first kappa shape index (κ1) is 10.2. The third-order valence-electron chi connectivity index (χ3n) is 2.71. The van der Waals surface area contributed by atoms with Gasteiger partial charge in [-0.3, -0.25) is 4.98 Å². The molecule has 0 saturated carbocycles. The van der Waals surface area contributed by atoms with E-state index in [0.29, 0.717) is 23.9 Å². The number of aromatic hydroxyl groups is 1. The van der Waals surface area contributed by atoms with Gasteiger partial charge in [-0.2, -0.15) is 4.98 Å². The molecule has 1 saturated heterocycles. The second-order valence-electron chi connectivity index (χ2n) is 3.95. The van der Waals surface area contributed by atoms with E-state index in [-0.39, 0.29) is 11.7 Å². The molecule has 1 atom stereocenters. The summed E-state index contributed by atoms with van der Waals surface area (Å²) in [4.78, 5) is 8.16. The van der Waals surface area contributed by atoms with Crippen LogP contribution in [0.4, 0.5) is 0 Å². The van der Waals surface area contributed by atoms with Crippen molar-refractivity contribution in [3.05, 3.63) is 24.3 Å². The molecular weight excluding hydrogens is 222 g/mol. The first-order valence-corrected chi connectivity index (χ1v) is 5.38. The summed E-state index contributed by atoms with van der Waals surface area (Å²) in [5, 5.41) is 13.2. The average Bonchev–Trinajstić information content (AvgIpc) is 3.00. The molecule has 6 nitrogen and oxygen atoms in total. The van der Waals surface area contributed by atoms with E-state index in [4.69, 9.17) is 9.26 Å². The summed E-state index contributed by atoms with van der Waals surface area (Å²) in [6.07, 6.45) is 3.84. The maximum atomic E-state index is 9.32. The molecule has 1 fully saturated rings. The van der Waals surface area contributed by atoms with E-state index in [0.717, 1.165) is 13.0 Å². The molecule has 3 rings (SSSR count). The van der Waals surface area contributed by atoms with Crippen LogP contribution in [0.3, 0.4) is 0 Å². The smallest absolute Gasteiger partial charge is 0.259 e. The molecule has 0 amide bonds. The van der Waals surface area contributed by atoms with Crippen LogP contribution in [0.2, 0.25) is 0 Å². The van der Waals surface area contributed by atoms with Gasteiger partial charge in [0.25, 0.3) is 5.89 Å². The summed E-state index contributed by atoms with van der Waals surface area (Å²) in [5.74, 6) is 1.31. The Bertz CT molecular complexity index is 520. The van der Waals surface area contributed by atoms with Gasteiger partial charge in [-0.1, -0.05) is 5.16 Å². The number of hydrogen-bond acceptors (Lipinski definition) is 6. The summed E-state index contributed by atoms with van der Waals surface area (Å²) in [6.45, 7) is 1.37. The summed E-state index contributed by atoms with van der Waals surface area (Å²) >= 11 is 0. The second-order valence-corrected chi connectivity index (χ2v) is 3.95. The maximum Gasteiger partial charge on any atom is 0.259 e. The lowest BCUT2D eigenvalue weighted by molar-refractivity contribution is 0.192. The molecule has 17 heavy (non-hydrogen) atoms. The molecule has 0 radical (unpaired) electrons. The number of pyridine rings is 1. The molecule has 0 aliphatic carbocycles. The van der Waals surface area contributed by atoms with Crippen molar-refractivity contribution in [2.45, 2.75) is 12.3 Å². The normalized spacial score (nSPS) is 19.6. The van der Waals surface area contributed by atoms with E-state index in [1.165, 1.54) is 12.3 Å². The standard InChI is InChI=1S/C11H11N3O3/c15-9-3-8(4-12-5-9)11-13-10(14-17-11)7-1-2-16-6-7/h3-5,7,15H,1-2,6H2. The minimum absolute atomic E-state index is 0.0754. The van der Waals surface area contributed by atoms with Crippen LogP contribution in [0.15, 0.2) is 23.0 Å². The molecule has 6 heteroatoms. The fraction of sp³-hybridized carbons (Fsp3) is 0.364. The zero-order chi connectivity index (χ0) is 11.7. The Morgan fingerprint density at radius 1 is 1.35 bits per heavy atom. The van der Waals surface area contributed by atoms with E-state index in [9.17, 15) is 5.11 Å². The predicted octanol–water partition coefficient (Wildman–Crippen LogP) is 1.34. The lowest BCUT2D eigenvalue weighted by Gasteiger charge is -1.97. The van der Waals surface area contributed by atoms with Crippen molar-refractivity contribution >= 4 is 0 Å². The molecule has 1 unspecified atom stereocenters. The third kappa shape index (κ3) is 1.99. The molecule has 0 spiro atoms. The predicted molar refractivity (Wildman–Crippen MR) is 57.4 cm³/mol. The van der Waals surface area contributed by atoms with Gasteiger partial charge in [-0.05, 0) is 12.5 Å². The van der Waals surface area contributed by atoms with Crippen LogP contribution in [-0.2, 0) is 4.74 Å². The highest BCUT2D eigenvalue weighted by Crippen LogP contribution is 2.26. The van der Waals surface area contributed by atoms with Crippen molar-refractivity contribution in [1.29, 1.82) is 0 Å². The van der Waals surface area contributed by atoms with Gasteiger partial charge >= 0.3 is 0 Å². The van der Waals surface area contributed by atoms with Crippen molar-refractivity contribution < 1.29 is 14.4 Å². The van der Waals surface area contributed by atoms with Crippen LogP contribution < -0.4 is 0 Å². The van der Waals surface area contributed by atoms with Gasteiger partial charge in [0.2, 0.25) is 0 Å². The SMILES string of the molecule is Oc1cncc(-c2nc(C3CCOC3)no2)c1. The summed E-state index contributed by atoms with van der Waals surface area (Å²) < 4.78 is 10.4. The molecular formula is C11H11N3O3. The molecule has 3 heterocycles. The van der Waals surface area contributed by atoms with Crippen LogP contribution in [0.1, 0.15) is 18.2 Å². The molecule has 0 bridgehead atoms. The zero-order valence-corrected chi connectivity index (χ0v) is 9.04. The highest BCUT2D eigenvalue weighted by atomic mass is 16.5. The topological polar surface area (TPSA) is 81.3 Å². The van der Waals surface area contributed by atoms with Gasteiger partial charge in [0.15, 0.2) is 5.82 Å². The highest BCUT2D eigenvalue weighted by molar-refractivity contribution is 5.53. The Morgan fingerprint density at radius 3 is 3.06 bits per heavy atom. The zero-order valence-electron chi connectivity index (χ0n) is 9.04. The lowest BCUT2D eigenvalue weighted by atomic mass is 10.1. The van der Waals surface area contributed by atoms with Gasteiger partial charge in [-0.25, -0.2) is 0 Å². The van der Waals surface area contributed by atoms with Gasteiger partial charge in [0.1, 0.15) is 5.75 Å². The van der Waals surface area contributed by atoms with E-state index in [1.807, 2.05) is 0 Å². The first-order valence-electron chi connectivity index (χ1n) is 5.38. The van der Waals surface area contributed by atoms with Crippen LogP contribution in [0, 0.1) is 0 Å². The van der Waals surface area contributed by atoms with Crippen molar-refractivity contribution in [2.75, 3.05) is 13.2 Å². The van der Waals surface area contributed by atoms with Gasteiger partial charge in [-0.15, -0.1) is 0 Å². The van der Waals surface area contributed by atoms with Crippen LogP contribution in [0.5, 0.6) is 5.75 Å². The Balaban J connectivity index is 1.89. The Labute approximate surface area is 97.3 Å². The minimum Gasteiger partial charge on any atom is -0.506 e. The Kier molecular flexibility index (Phi) is 2.49. The number of nitrogens with zero attached hydrogens (tertiary/aromatic N) is 3. The Morgan fingerprint density at radius 2 is 2.29 bits per heavy atom. The lowest BCUT2D eigenvalue weighted by Crippen LogP contribution is -1.99. The van der Waals surface area contributed by atoms with Gasteiger partial charge in [0.05, 0.1) is 18.4 Å². The fourth-order valence-electron chi connectivity index (χ4n) is 1.80. The van der Waals surface area contributed by atoms with Crippen molar-refractivity contribution in [3.63, 3.8) is 0 Å². The van der Waals surface area contributed by atoms with E-state index >= 15 is 0 Å². The molecule has 2 aromatic rings. The highest BCUT2D eigenvalue weighted by Gasteiger charge is 2.23. The van der Waals surface area contributed by atoms with Crippen molar-refractivity contribution in [1.82, 2.24) is 15.1 Å². The van der Waals surface area contributed by atoms with E-state index < -0.39 is 0 Å². The number of ether oxygens (including phenoxy) is 1. The summed E-state index contributed by atoms with van der Waals surface area (Å²) in [6, 6.07) is 1.54. The maximum absolute atomic E-state index is 9.32. The molecule has 1 N–H and O–H groups in total. The monoisotopic (exact) mass is 233 g/mol. The Hall–Kier alpha value is -1.95. The van der Waals surface area contributed by atoms with Crippen molar-refractivity contribution in [2.24, 2.45) is 0 Å². The first-order chi connectivity index (χ1) is 8.33. The van der Waals surface area contributed by atoms with Crippen LogP contribution in [-0.4, -0.2) is 33.4 Å². The number of rotatable bonds is 2. The average molecular weight is 233 g/mol. The molecule has 0 aromatic carbocycles. The van der Waals surface area contributed by atoms with Gasteiger partial charge in [0, 0.05) is 18.7 Å². The second kappa shape index (κ2) is 4.14. The molecule has 88 valence electrons. The van der Waals surface area contributed by atoms with E-state index in [2.05, 4.69) is 15.1 Å². The quantitative estimate of drug-likeness (QED) is 0.842. The fourth-order valence-corrected chi connectivity index (χ4v) is 1.80. The van der Waals surface area contributed by atoms with E-state index in [1.54, 1.807) is 6.20 Å².